The molecule has 9 nitrogen and oxygen atoms in total. The van der Waals surface area contributed by atoms with Crippen LogP contribution in [0.1, 0.15) is 181 Å². The third-order valence-corrected chi connectivity index (χ3v) is 10.9. The highest BCUT2D eigenvalue weighted by atomic mass is 31.2. The number of phosphoric ester groups is 1. The molecule has 0 aliphatic carbocycles. The highest BCUT2D eigenvalue weighted by molar-refractivity contribution is 7.45. The van der Waals surface area contributed by atoms with Crippen molar-refractivity contribution in [1.29, 1.82) is 0 Å². The van der Waals surface area contributed by atoms with E-state index in [1.807, 2.05) is 21.1 Å². The first kappa shape index (κ1) is 59.2. The molecule has 0 aromatic heterocycles. The van der Waals surface area contributed by atoms with Crippen LogP contribution in [0.3, 0.4) is 0 Å². The number of carbonyl (C=O) groups is 2. The van der Waals surface area contributed by atoms with Gasteiger partial charge in [-0.15, -0.1) is 0 Å². The Labute approximate surface area is 380 Å². The summed E-state index contributed by atoms with van der Waals surface area (Å²) in [6.45, 7) is 3.95. The molecule has 0 spiro atoms. The van der Waals surface area contributed by atoms with Crippen LogP contribution in [-0.4, -0.2) is 70.0 Å². The van der Waals surface area contributed by atoms with Crippen LogP contribution in [-0.2, 0) is 32.7 Å². The highest BCUT2D eigenvalue weighted by Gasteiger charge is 2.21. The number of hydrogen-bond acceptors (Lipinski definition) is 8. The van der Waals surface area contributed by atoms with Crippen molar-refractivity contribution in [3.8, 4) is 0 Å². The van der Waals surface area contributed by atoms with Crippen molar-refractivity contribution >= 4 is 19.8 Å². The molecule has 0 aromatic carbocycles. The second-order valence-electron chi connectivity index (χ2n) is 17.1. The summed E-state index contributed by atoms with van der Waals surface area (Å²) in [6, 6.07) is 0. The van der Waals surface area contributed by atoms with Crippen LogP contribution in [0, 0.1) is 0 Å². The molecule has 62 heavy (non-hydrogen) atoms. The lowest BCUT2D eigenvalue weighted by Crippen LogP contribution is -2.37. The lowest BCUT2D eigenvalue weighted by molar-refractivity contribution is -0.870. The number of phosphoric acid groups is 1. The lowest BCUT2D eigenvalue weighted by Gasteiger charge is -2.28. The average molecular weight is 888 g/mol. The smallest absolute Gasteiger partial charge is 0.306 e. The molecular formula is C52H90NO8P. The second-order valence-corrected chi connectivity index (χ2v) is 18.5. The monoisotopic (exact) mass is 888 g/mol. The van der Waals surface area contributed by atoms with E-state index in [1.165, 1.54) is 57.8 Å². The Morgan fingerprint density at radius 2 is 0.871 bits per heavy atom. The van der Waals surface area contributed by atoms with Crippen LogP contribution >= 0.6 is 7.82 Å². The van der Waals surface area contributed by atoms with E-state index in [4.69, 9.17) is 18.5 Å². The Morgan fingerprint density at radius 3 is 1.31 bits per heavy atom. The molecule has 0 aliphatic rings. The summed E-state index contributed by atoms with van der Waals surface area (Å²) < 4.78 is 33.9. The van der Waals surface area contributed by atoms with Crippen LogP contribution in [0.5, 0.6) is 0 Å². The maximum Gasteiger partial charge on any atom is 0.306 e. The topological polar surface area (TPSA) is 111 Å². The number of rotatable bonds is 43. The first-order chi connectivity index (χ1) is 30.0. The maximum atomic E-state index is 12.7. The van der Waals surface area contributed by atoms with Crippen LogP contribution < -0.4 is 4.89 Å². The molecule has 0 saturated heterocycles. The predicted octanol–water partition coefficient (Wildman–Crippen LogP) is 13.7. The molecule has 0 heterocycles. The van der Waals surface area contributed by atoms with E-state index in [2.05, 4.69) is 98.9 Å². The standard InChI is InChI=1S/C52H90NO8P/c1-6-8-10-12-14-16-18-20-21-22-23-24-25-26-27-28-29-30-31-33-35-37-39-41-43-45-52(55)61-50(49-60-62(56,57)59-47-46-53(3,4)5)48-58-51(54)44-42-40-38-36-34-32-19-17-15-13-11-9-7-2/h8-11,14-17,20-21,23-24,32,34,50H,6-7,12-13,18-19,22,25-31,33,35-49H2,1-5H3/b10-8-,11-9-,16-14-,17-15-,21-20-,24-23-,34-32-. The molecule has 2 atom stereocenters. The fourth-order valence-electron chi connectivity index (χ4n) is 6.19. The van der Waals surface area contributed by atoms with E-state index in [9.17, 15) is 19.0 Å². The number of esters is 2. The number of unbranched alkanes of at least 4 members (excludes halogenated alkanes) is 15. The van der Waals surface area contributed by atoms with Gasteiger partial charge in [0.15, 0.2) is 6.10 Å². The van der Waals surface area contributed by atoms with Crippen LogP contribution in [0.15, 0.2) is 85.1 Å². The quantitative estimate of drug-likeness (QED) is 0.0196. The zero-order valence-electron chi connectivity index (χ0n) is 40.0. The number of quaternary nitrogens is 1. The summed E-state index contributed by atoms with van der Waals surface area (Å²) in [4.78, 5) is 37.6. The number of carbonyl (C=O) groups excluding carboxylic acids is 2. The molecule has 356 valence electrons. The Morgan fingerprint density at radius 1 is 0.500 bits per heavy atom. The minimum atomic E-state index is -4.64. The van der Waals surface area contributed by atoms with Gasteiger partial charge in [0, 0.05) is 12.8 Å². The van der Waals surface area contributed by atoms with Gasteiger partial charge in [0.05, 0.1) is 27.7 Å². The van der Waals surface area contributed by atoms with Gasteiger partial charge >= 0.3 is 11.9 Å². The molecule has 2 unspecified atom stereocenters. The van der Waals surface area contributed by atoms with E-state index in [-0.39, 0.29) is 26.1 Å². The third-order valence-electron chi connectivity index (χ3n) is 9.91. The van der Waals surface area contributed by atoms with Gasteiger partial charge in [0.2, 0.25) is 0 Å². The number of allylic oxidation sites excluding steroid dienone is 14. The molecule has 0 saturated carbocycles. The van der Waals surface area contributed by atoms with Crippen LogP contribution in [0.25, 0.3) is 0 Å². The first-order valence-corrected chi connectivity index (χ1v) is 25.8. The summed E-state index contributed by atoms with van der Waals surface area (Å²) in [7, 11) is 1.14. The molecule has 0 amide bonds. The van der Waals surface area contributed by atoms with Crippen molar-refractivity contribution in [2.75, 3.05) is 47.5 Å². The minimum absolute atomic E-state index is 0.0400. The summed E-state index contributed by atoms with van der Waals surface area (Å²) >= 11 is 0. The van der Waals surface area contributed by atoms with Gasteiger partial charge in [-0.2, -0.15) is 0 Å². The molecule has 0 aromatic rings. The fourth-order valence-corrected chi connectivity index (χ4v) is 6.92. The van der Waals surface area contributed by atoms with E-state index < -0.39 is 32.5 Å². The molecule has 0 bridgehead atoms. The maximum absolute atomic E-state index is 12.7. The SMILES string of the molecule is CC/C=C\C/C=C\C/C=C\C/C=C\CCCCCCCCCCCCCCC(=O)OC(COC(=O)CCCCC/C=C\C/C=C\C/C=C\CC)COP(=O)([O-])OCC[N+](C)(C)C. The van der Waals surface area contributed by atoms with Crippen molar-refractivity contribution < 1.29 is 42.1 Å². The van der Waals surface area contributed by atoms with Crippen molar-refractivity contribution in [2.45, 2.75) is 187 Å². The van der Waals surface area contributed by atoms with E-state index >= 15 is 0 Å². The zero-order chi connectivity index (χ0) is 45.7. The number of likely N-dealkylation sites (N-methyl/N-ethyl adjacent to an activating group) is 1. The summed E-state index contributed by atoms with van der Waals surface area (Å²) in [6.07, 6.45) is 56.2. The third kappa shape index (κ3) is 46.7. The van der Waals surface area contributed by atoms with Crippen molar-refractivity contribution in [2.24, 2.45) is 0 Å². The van der Waals surface area contributed by atoms with Crippen molar-refractivity contribution in [3.05, 3.63) is 85.1 Å². The minimum Gasteiger partial charge on any atom is -0.756 e. The van der Waals surface area contributed by atoms with Gasteiger partial charge in [-0.3, -0.25) is 14.2 Å². The zero-order valence-corrected chi connectivity index (χ0v) is 40.9. The first-order valence-electron chi connectivity index (χ1n) is 24.3. The molecule has 0 rings (SSSR count). The summed E-state index contributed by atoms with van der Waals surface area (Å²) in [5.74, 6) is -0.876. The Bertz CT molecular complexity index is 1330. The largest absolute Gasteiger partial charge is 0.756 e. The predicted molar refractivity (Wildman–Crippen MR) is 259 cm³/mol. The molecule has 0 radical (unpaired) electrons. The van der Waals surface area contributed by atoms with Crippen molar-refractivity contribution in [3.63, 3.8) is 0 Å². The molecule has 0 fully saturated rings. The summed E-state index contributed by atoms with van der Waals surface area (Å²) in [5, 5.41) is 0. The van der Waals surface area contributed by atoms with Gasteiger partial charge in [-0.25, -0.2) is 0 Å². The Kier molecular flexibility index (Phi) is 41.5. The van der Waals surface area contributed by atoms with Crippen LogP contribution in [0.2, 0.25) is 0 Å². The van der Waals surface area contributed by atoms with Gasteiger partial charge in [-0.05, 0) is 83.5 Å². The Balaban J connectivity index is 4.25. The van der Waals surface area contributed by atoms with E-state index in [0.717, 1.165) is 83.5 Å². The Hall–Kier alpha value is -2.81. The molecule has 10 heteroatoms. The highest BCUT2D eigenvalue weighted by Crippen LogP contribution is 2.38. The average Bonchev–Trinajstić information content (AvgIpc) is 3.23. The van der Waals surface area contributed by atoms with Gasteiger partial charge < -0.3 is 27.9 Å². The lowest BCUT2D eigenvalue weighted by atomic mass is 10.0. The number of hydrogen-bond donors (Lipinski definition) is 0. The molecular weight excluding hydrogens is 798 g/mol. The van der Waals surface area contributed by atoms with Crippen LogP contribution in [0.4, 0.5) is 0 Å². The number of nitrogens with zero attached hydrogens (tertiary/aromatic N) is 1. The van der Waals surface area contributed by atoms with Gasteiger partial charge in [0.1, 0.15) is 19.8 Å². The normalized spacial score (nSPS) is 14.2. The molecule has 0 aliphatic heterocycles. The number of ether oxygens (including phenoxy) is 2. The second kappa shape index (κ2) is 43.4. The van der Waals surface area contributed by atoms with Gasteiger partial charge in [-0.1, -0.05) is 170 Å². The van der Waals surface area contributed by atoms with Crippen molar-refractivity contribution in [1.82, 2.24) is 0 Å². The summed E-state index contributed by atoms with van der Waals surface area (Å²) in [5.41, 5.74) is 0. The van der Waals surface area contributed by atoms with E-state index in [0.29, 0.717) is 23.9 Å². The molecule has 0 N–H and O–H groups in total. The van der Waals surface area contributed by atoms with E-state index in [1.54, 1.807) is 0 Å². The fraction of sp³-hybridized carbons (Fsp3) is 0.692. The van der Waals surface area contributed by atoms with Gasteiger partial charge in [0.25, 0.3) is 7.82 Å².